The van der Waals surface area contributed by atoms with E-state index in [1.165, 1.54) is 79.9 Å². The van der Waals surface area contributed by atoms with Crippen LogP contribution in [0.5, 0.6) is 11.5 Å². The summed E-state index contributed by atoms with van der Waals surface area (Å²) in [5.74, 6) is -2.89. The first-order valence-corrected chi connectivity index (χ1v) is 25.8. The summed E-state index contributed by atoms with van der Waals surface area (Å²) in [6.45, 7) is 5.91. The average Bonchev–Trinajstić information content (AvgIpc) is 3.84. The maximum Gasteiger partial charge on any atom is 0.336 e. The molecule has 3 amide bonds. The number of benzene rings is 6. The minimum atomic E-state index is -1.04. The smallest absolute Gasteiger partial charge is 0.336 e. The van der Waals surface area contributed by atoms with Crippen LogP contribution in [0.15, 0.2) is 140 Å². The lowest BCUT2D eigenvalue weighted by Gasteiger charge is -2.16. The third kappa shape index (κ3) is 17.4. The molecule has 20 nitrogen and oxygen atoms in total. The highest BCUT2D eigenvalue weighted by atomic mass is 16.7. The Morgan fingerprint density at radius 3 is 1.30 bits per heavy atom. The van der Waals surface area contributed by atoms with Gasteiger partial charge in [-0.25, -0.2) is 14.4 Å². The Hall–Kier alpha value is -9.24. The number of hydroxylamine groups is 2. The van der Waals surface area contributed by atoms with Gasteiger partial charge in [-0.3, -0.25) is 24.0 Å². The quantitative estimate of drug-likeness (QED) is 0.0255. The zero-order valence-corrected chi connectivity index (χ0v) is 44.4. The number of carboxylic acid groups (broad SMARTS) is 2. The highest BCUT2D eigenvalue weighted by molar-refractivity contribution is 6.09. The van der Waals surface area contributed by atoms with Crippen LogP contribution in [0.3, 0.4) is 0 Å². The normalized spacial score (nSPS) is 11.6. The number of aromatic hydroxyl groups is 2. The molecule has 80 heavy (non-hydrogen) atoms. The summed E-state index contributed by atoms with van der Waals surface area (Å²) in [6.07, 6.45) is 9.56. The van der Waals surface area contributed by atoms with Crippen molar-refractivity contribution in [1.29, 1.82) is 0 Å². The number of amides is 3. The van der Waals surface area contributed by atoms with Crippen LogP contribution in [0.25, 0.3) is 66.8 Å². The molecule has 3 heterocycles. The minimum Gasteiger partial charge on any atom is -0.508 e. The molecule has 1 saturated heterocycles. The third-order valence-corrected chi connectivity index (χ3v) is 12.1. The second-order valence-electron chi connectivity index (χ2n) is 18.2. The van der Waals surface area contributed by atoms with E-state index in [2.05, 4.69) is 10.2 Å². The van der Waals surface area contributed by atoms with E-state index >= 15 is 0 Å². The molecule has 9 rings (SSSR count). The van der Waals surface area contributed by atoms with Gasteiger partial charge in [0.2, 0.25) is 5.91 Å². The van der Waals surface area contributed by atoms with Gasteiger partial charge in [-0.05, 0) is 117 Å². The molecule has 0 unspecified atom stereocenters. The van der Waals surface area contributed by atoms with Crippen molar-refractivity contribution >= 4 is 57.6 Å². The second kappa shape index (κ2) is 30.6. The lowest BCUT2D eigenvalue weighted by atomic mass is 9.91. The van der Waals surface area contributed by atoms with E-state index in [9.17, 15) is 58.8 Å². The van der Waals surface area contributed by atoms with Gasteiger partial charge >= 0.3 is 17.9 Å². The summed E-state index contributed by atoms with van der Waals surface area (Å²) >= 11 is 0. The van der Waals surface area contributed by atoms with E-state index in [0.29, 0.717) is 71.9 Å². The first-order chi connectivity index (χ1) is 38.4. The molecule has 0 radical (unpaired) electrons. The molecule has 420 valence electrons. The Bertz CT molecular complexity index is 3290. The summed E-state index contributed by atoms with van der Waals surface area (Å²) in [7, 11) is 0. The number of nitrogens with zero attached hydrogens (tertiary/aromatic N) is 1. The maximum atomic E-state index is 11.7. The molecule has 1 fully saturated rings. The number of hydrogen-bond donors (Lipinski definition) is 8. The zero-order valence-electron chi connectivity index (χ0n) is 44.4. The number of rotatable bonds is 16. The van der Waals surface area contributed by atoms with Crippen LogP contribution in [0.2, 0.25) is 0 Å². The van der Waals surface area contributed by atoms with E-state index in [4.69, 9.17) is 26.0 Å². The summed E-state index contributed by atoms with van der Waals surface area (Å²) in [5.41, 5.74) is 20.1. The molecule has 11 N–H and O–H groups in total. The fourth-order valence-electron chi connectivity index (χ4n) is 8.39. The van der Waals surface area contributed by atoms with E-state index < -0.39 is 29.7 Å². The number of unbranched alkanes of at least 4 members (excludes halogenated alkanes) is 6. The number of hydrogen-bond acceptors (Lipinski definition) is 16. The van der Waals surface area contributed by atoms with E-state index in [1.54, 1.807) is 67.6 Å². The SMILES string of the molecule is CC(=O)NCCCCCCN.CC(=O)ON1C(=O)CCC1=O.NCCCCCCN.O=C(O)c1ccccc1-c1c2ccc(=O)cc-2oc2cc(O)ccc12.O=C(O)c1ccccc1-c1c2ccc(=O)cc-2oc2cc(O)ccc12. The molecule has 20 heteroatoms. The Balaban J connectivity index is 0.000000199. The molecule has 4 aromatic carbocycles. The minimum absolute atomic E-state index is 0.0198. The number of nitrogens with two attached hydrogens (primary N) is 3. The fraction of sp³-hybridized carbons (Fsp3) is 0.267. The number of carbonyl (C=O) groups is 6. The van der Waals surface area contributed by atoms with Gasteiger partial charge in [-0.2, -0.15) is 0 Å². The number of imide groups is 1. The van der Waals surface area contributed by atoms with Crippen molar-refractivity contribution in [3.8, 4) is 56.4 Å². The van der Waals surface area contributed by atoms with Crippen LogP contribution in [0.4, 0.5) is 0 Å². The average molecular weight is 1100 g/mol. The highest BCUT2D eigenvalue weighted by Crippen LogP contribution is 2.43. The molecule has 0 aromatic heterocycles. The van der Waals surface area contributed by atoms with Crippen LogP contribution in [0, 0.1) is 0 Å². The first kappa shape index (κ1) is 61.6. The Kier molecular flexibility index (Phi) is 23.6. The van der Waals surface area contributed by atoms with E-state index in [-0.39, 0.29) is 52.2 Å². The van der Waals surface area contributed by atoms with Crippen molar-refractivity contribution in [2.75, 3.05) is 26.2 Å². The summed E-state index contributed by atoms with van der Waals surface area (Å²) in [4.78, 5) is 93.3. The predicted molar refractivity (Wildman–Crippen MR) is 302 cm³/mol. The number of phenolic OH excluding ortho intramolecular Hbond substituents is 2. The van der Waals surface area contributed by atoms with Gasteiger partial charge in [-0.1, -0.05) is 62.1 Å². The number of carbonyl (C=O) groups excluding carboxylic acids is 4. The molecule has 2 aliphatic carbocycles. The van der Waals surface area contributed by atoms with Crippen molar-refractivity contribution in [1.82, 2.24) is 10.4 Å². The molecule has 3 aliphatic heterocycles. The zero-order chi connectivity index (χ0) is 58.3. The van der Waals surface area contributed by atoms with Gasteiger partial charge in [0.1, 0.15) is 34.2 Å². The largest absolute Gasteiger partial charge is 0.508 e. The van der Waals surface area contributed by atoms with Crippen LogP contribution < -0.4 is 33.4 Å². The Morgan fingerprint density at radius 2 is 0.925 bits per heavy atom. The van der Waals surface area contributed by atoms with Crippen molar-refractivity contribution in [2.24, 2.45) is 17.2 Å². The number of nitrogens with one attached hydrogen (secondary N) is 1. The lowest BCUT2D eigenvalue weighted by molar-refractivity contribution is -0.195. The Morgan fingerprint density at radius 1 is 0.525 bits per heavy atom. The van der Waals surface area contributed by atoms with Crippen molar-refractivity contribution in [3.05, 3.63) is 153 Å². The van der Waals surface area contributed by atoms with E-state index in [1.807, 2.05) is 0 Å². The van der Waals surface area contributed by atoms with Gasteiger partial charge in [0.15, 0.2) is 10.9 Å². The lowest BCUT2D eigenvalue weighted by Crippen LogP contribution is -2.30. The van der Waals surface area contributed by atoms with E-state index in [0.717, 1.165) is 65.2 Å². The number of fused-ring (bicyclic) bond motifs is 4. The fourth-order valence-corrected chi connectivity index (χ4v) is 8.39. The van der Waals surface area contributed by atoms with Gasteiger partial charge in [0, 0.05) is 90.5 Å². The summed E-state index contributed by atoms with van der Waals surface area (Å²) < 4.78 is 11.5. The van der Waals surface area contributed by atoms with Gasteiger partial charge in [0.25, 0.3) is 11.8 Å². The van der Waals surface area contributed by atoms with Crippen molar-refractivity contribution in [2.45, 2.75) is 78.1 Å². The molecular formula is C60H65N5O15. The van der Waals surface area contributed by atoms with Gasteiger partial charge < -0.3 is 56.6 Å². The van der Waals surface area contributed by atoms with Crippen molar-refractivity contribution in [3.63, 3.8) is 0 Å². The molecular weight excluding hydrogens is 1030 g/mol. The summed E-state index contributed by atoms with van der Waals surface area (Å²) in [5, 5.41) is 43.2. The molecule has 5 aliphatic rings. The second-order valence-corrected chi connectivity index (χ2v) is 18.2. The Labute approximate surface area is 460 Å². The standard InChI is InChI=1S/2C20H12O5.C8H18N2O.C6H16N2.C6H7NO4/c2*21-11-5-7-15-17(9-11)25-18-10-12(22)6-8-16(18)19(15)13-3-1-2-4-14(13)20(23)24;1-8(11)10-7-5-3-2-4-6-9;7-5-3-1-2-4-6-8;1-4(8)11-7-5(9)2-3-6(7)10/h2*1-10,21H,(H,23,24);2-7,9H2,1H3,(H,10,11);1-8H2;2-3H2,1H3. The predicted octanol–water partition coefficient (Wildman–Crippen LogP) is 8.66. The molecule has 0 bridgehead atoms. The number of aromatic carboxylic acids is 2. The first-order valence-electron chi connectivity index (χ1n) is 25.8. The maximum absolute atomic E-state index is 11.7. The van der Waals surface area contributed by atoms with Crippen molar-refractivity contribution < 1.29 is 62.9 Å². The monoisotopic (exact) mass is 1100 g/mol. The van der Waals surface area contributed by atoms with Crippen LogP contribution in [-0.2, 0) is 24.0 Å². The number of carboxylic acids is 2. The topological polar surface area (TPSA) is 346 Å². The van der Waals surface area contributed by atoms with Crippen LogP contribution in [-0.4, -0.2) is 87.3 Å². The van der Waals surface area contributed by atoms with Gasteiger partial charge in [0.05, 0.1) is 11.1 Å². The van der Waals surface area contributed by atoms with Crippen LogP contribution in [0.1, 0.15) is 98.8 Å². The molecule has 0 saturated carbocycles. The molecule has 0 atom stereocenters. The van der Waals surface area contributed by atoms with Gasteiger partial charge in [-0.15, -0.1) is 5.06 Å². The highest BCUT2D eigenvalue weighted by Gasteiger charge is 2.32. The number of phenols is 2. The summed E-state index contributed by atoms with van der Waals surface area (Å²) in [6, 6.07) is 31.4. The third-order valence-electron chi connectivity index (χ3n) is 12.1. The molecule has 0 spiro atoms. The molecule has 4 aromatic rings. The van der Waals surface area contributed by atoms with Crippen LogP contribution >= 0.6 is 0 Å².